The van der Waals surface area contributed by atoms with Gasteiger partial charge in [-0.1, -0.05) is 39.0 Å². The summed E-state index contributed by atoms with van der Waals surface area (Å²) < 4.78 is 36.8. The molecule has 0 saturated carbocycles. The third-order valence-electron chi connectivity index (χ3n) is 14.2. The number of aromatic hydroxyl groups is 1. The number of anilines is 1. The maximum Gasteiger partial charge on any atom is 0.312 e. The van der Waals surface area contributed by atoms with Crippen LogP contribution in [0.4, 0.5) is 5.69 Å². The van der Waals surface area contributed by atoms with Gasteiger partial charge in [0.2, 0.25) is 0 Å². The van der Waals surface area contributed by atoms with Crippen LogP contribution in [0.5, 0.6) is 17.2 Å². The normalized spacial score (nSPS) is 28.7. The summed E-state index contributed by atoms with van der Waals surface area (Å²) in [6, 6.07) is 5.06. The van der Waals surface area contributed by atoms with Gasteiger partial charge in [0.05, 0.1) is 48.6 Å². The molecule has 4 N–H and O–H groups in total. The van der Waals surface area contributed by atoms with Gasteiger partial charge in [-0.15, -0.1) is 25.3 Å². The monoisotopic (exact) mass is 990 g/mol. The van der Waals surface area contributed by atoms with Gasteiger partial charge in [0.1, 0.15) is 47.5 Å². The summed E-state index contributed by atoms with van der Waals surface area (Å²) in [4.78, 5) is 60.6. The Labute approximate surface area is 412 Å². The fourth-order valence-electron chi connectivity index (χ4n) is 9.75. The van der Waals surface area contributed by atoms with Gasteiger partial charge in [-0.3, -0.25) is 23.7 Å². The Morgan fingerprint density at radius 1 is 1.03 bits per heavy atom. The number of hydrogen-bond donors (Lipinski definition) is 6. The number of rotatable bonds is 7. The van der Waals surface area contributed by atoms with E-state index in [4.69, 9.17) is 58.3 Å². The van der Waals surface area contributed by atoms with E-state index in [2.05, 4.69) is 5.32 Å². The molecule has 4 aromatic rings. The van der Waals surface area contributed by atoms with Crippen molar-refractivity contribution in [2.24, 2.45) is 17.8 Å². The standard InChI is InChI=1S/C51H63N3O13S2/c1-26-14-13-15-27(2)49(61)53-42-44(59)39-38(41-47(42)66-37-24-32(16-17-33(37)52-41)63-23-21-54(51(8,68)69)19-11-10-12-20-54)40-46(30(5)43(39)58)67-50(7,48(40)60)64-22-18-36(62-9)29(4)45(65-31(6)55)28(3)35(57)25-34(26)56/h13-18,22,24,26,28-29,34-36,45,56-57H,10-12,19-21,23,25H2,1-9H3,(H3-,52,53,58,59,60,61,68,69)/p+1/b14-13+,22-18+,27-15-/t26-,28+,29+,34+,35+,36-,45-,50-/m0/s1. The van der Waals surface area contributed by atoms with Gasteiger partial charge >= 0.3 is 11.8 Å². The van der Waals surface area contributed by atoms with Gasteiger partial charge in [-0.25, -0.2) is 4.98 Å². The molecule has 1 aromatic heterocycles. The Kier molecular flexibility index (Phi) is 15.2. The molecule has 0 spiro atoms. The van der Waals surface area contributed by atoms with E-state index < -0.39 is 81.0 Å². The number of aliphatic hydroxyl groups is 2. The van der Waals surface area contributed by atoms with Crippen LogP contribution in [-0.2, 0) is 23.8 Å². The van der Waals surface area contributed by atoms with Gasteiger partial charge in [-0.2, -0.15) is 0 Å². The number of aromatic nitrogens is 1. The number of Topliss-reactive ketones (excluding diaryl/α,β-unsaturated/α-hetero) is 1. The zero-order valence-electron chi connectivity index (χ0n) is 40.5. The third-order valence-corrected chi connectivity index (χ3v) is 15.1. The van der Waals surface area contributed by atoms with E-state index in [1.165, 1.54) is 53.2 Å². The molecule has 8 atom stereocenters. The number of piperidine rings is 1. The SMILES string of the molecule is CO[C@H]1/C=C/O[C@@]2(C)Oc3c(C)c(=O)c4c(O)c(c5oc6cc(OCC[N+]7(C(C)(S)S)CCCCC7)ccc6nc5c4c3C2=O)NC(=O)/C(C)=C\C=C\[C@H](C)[C@H](O)C[C@@H](O)[C@@H](C)[C@H](OC(C)=O)[C@@H]1C. The molecule has 16 nitrogen and oxygen atoms in total. The average molecular weight is 991 g/mol. The van der Waals surface area contributed by atoms with Gasteiger partial charge in [0, 0.05) is 74.6 Å². The summed E-state index contributed by atoms with van der Waals surface area (Å²) in [7, 11) is 1.44. The van der Waals surface area contributed by atoms with Crippen molar-refractivity contribution >= 4 is 81.6 Å². The Morgan fingerprint density at radius 3 is 2.41 bits per heavy atom. The molecule has 1 fully saturated rings. The fourth-order valence-corrected chi connectivity index (χ4v) is 10.3. The van der Waals surface area contributed by atoms with E-state index in [-0.39, 0.29) is 62.0 Å². The van der Waals surface area contributed by atoms with E-state index in [9.17, 15) is 34.5 Å². The topological polar surface area (TPSA) is 213 Å². The number of benzene rings is 3. The molecule has 3 aliphatic heterocycles. The van der Waals surface area contributed by atoms with Crippen molar-refractivity contribution in [2.45, 2.75) is 115 Å². The van der Waals surface area contributed by atoms with Crippen molar-refractivity contribution < 1.29 is 62.3 Å². The number of likely N-dealkylation sites (tertiary alicyclic amines) is 1. The highest BCUT2D eigenvalue weighted by Gasteiger charge is 2.50. The lowest BCUT2D eigenvalue weighted by Crippen LogP contribution is -2.61. The molecule has 1 saturated heterocycles. The van der Waals surface area contributed by atoms with Crippen LogP contribution in [0.3, 0.4) is 0 Å². The highest BCUT2D eigenvalue weighted by atomic mass is 32.2. The second kappa shape index (κ2) is 20.3. The van der Waals surface area contributed by atoms with Gasteiger partial charge < -0.3 is 48.7 Å². The number of ether oxygens (including phenoxy) is 5. The first-order valence-electron chi connectivity index (χ1n) is 23.4. The van der Waals surface area contributed by atoms with Crippen LogP contribution < -0.4 is 20.2 Å². The number of hydrogen-bond acceptors (Lipinski definition) is 16. The summed E-state index contributed by atoms with van der Waals surface area (Å²) in [6.45, 7) is 15.7. The first-order chi connectivity index (χ1) is 32.5. The van der Waals surface area contributed by atoms with E-state index in [1.54, 1.807) is 51.1 Å². The molecule has 3 aliphatic rings. The third kappa shape index (κ3) is 10.1. The number of carbonyl (C=O) groups excluding carboxylic acids is 3. The molecular weight excluding hydrogens is 927 g/mol. The lowest BCUT2D eigenvalue weighted by Gasteiger charge is -2.49. The van der Waals surface area contributed by atoms with Crippen LogP contribution >= 0.6 is 25.3 Å². The van der Waals surface area contributed by atoms with Crippen LogP contribution in [0.1, 0.15) is 90.1 Å². The van der Waals surface area contributed by atoms with E-state index in [0.717, 1.165) is 32.4 Å². The number of phenolic OH excluding ortho intramolecular Hbond substituents is 1. The average Bonchev–Trinajstić information content (AvgIpc) is 3.57. The zero-order valence-corrected chi connectivity index (χ0v) is 42.3. The predicted octanol–water partition coefficient (Wildman–Crippen LogP) is 7.66. The summed E-state index contributed by atoms with van der Waals surface area (Å²) in [6.07, 6.45) is 6.87. The summed E-state index contributed by atoms with van der Waals surface area (Å²) in [5, 5.41) is 37.1. The second-order valence-corrected chi connectivity index (χ2v) is 21.2. The minimum atomic E-state index is -2.05. The number of quaternary nitrogens is 1. The number of aliphatic hydroxyl groups excluding tert-OH is 2. The van der Waals surface area contributed by atoms with Gasteiger partial charge in [0.15, 0.2) is 26.5 Å². The molecule has 4 bridgehead atoms. The molecule has 18 heteroatoms. The zero-order chi connectivity index (χ0) is 50.3. The van der Waals surface area contributed by atoms with Crippen molar-refractivity contribution in [3.63, 3.8) is 0 Å². The van der Waals surface area contributed by atoms with Gasteiger partial charge in [0.25, 0.3) is 11.7 Å². The fraction of sp³-hybridized carbons (Fsp3) is 0.510. The lowest BCUT2D eigenvalue weighted by molar-refractivity contribution is -0.947. The first kappa shape index (κ1) is 51.7. The maximum absolute atomic E-state index is 14.8. The molecule has 7 rings (SSSR count). The number of esters is 1. The molecule has 69 heavy (non-hydrogen) atoms. The number of methoxy groups -OCH3 is 1. The molecule has 372 valence electrons. The number of thiol groups is 2. The highest BCUT2D eigenvalue weighted by molar-refractivity contribution is 8.00. The Hall–Kier alpha value is -5.11. The summed E-state index contributed by atoms with van der Waals surface area (Å²) >= 11 is 9.71. The van der Waals surface area contributed by atoms with Crippen molar-refractivity contribution in [1.82, 2.24) is 4.98 Å². The van der Waals surface area contributed by atoms with E-state index in [0.29, 0.717) is 28.9 Å². The molecule has 3 aromatic carbocycles. The van der Waals surface area contributed by atoms with Crippen LogP contribution in [0.2, 0.25) is 0 Å². The predicted molar refractivity (Wildman–Crippen MR) is 268 cm³/mol. The lowest BCUT2D eigenvalue weighted by atomic mass is 9.83. The smallest absolute Gasteiger partial charge is 0.312 e. The Morgan fingerprint density at radius 2 is 1.74 bits per heavy atom. The maximum atomic E-state index is 14.8. The second-order valence-electron chi connectivity index (χ2n) is 19.1. The summed E-state index contributed by atoms with van der Waals surface area (Å²) in [5.74, 6) is -6.08. The van der Waals surface area contributed by atoms with Crippen molar-refractivity contribution in [1.29, 1.82) is 0 Å². The van der Waals surface area contributed by atoms with Crippen molar-refractivity contribution in [2.75, 3.05) is 38.7 Å². The van der Waals surface area contributed by atoms with Crippen LogP contribution in [-0.4, -0.2) is 110 Å². The van der Waals surface area contributed by atoms with Crippen LogP contribution in [0, 0.1) is 24.7 Å². The van der Waals surface area contributed by atoms with Crippen LogP contribution in [0.25, 0.3) is 33.0 Å². The number of nitrogens with one attached hydrogen (secondary N) is 1. The number of amides is 1. The number of carbonyl (C=O) groups is 3. The molecule has 0 unspecified atom stereocenters. The largest absolute Gasteiger partial charge is 0.505 e. The molecule has 4 heterocycles. The molecule has 1 amide bonds. The number of ketones is 1. The Balaban J connectivity index is 1.38. The number of nitrogens with zero attached hydrogens (tertiary/aromatic N) is 2. The minimum absolute atomic E-state index is 0.0124. The molecule has 0 aliphatic carbocycles. The van der Waals surface area contributed by atoms with Gasteiger partial charge in [-0.05, 0) is 51.3 Å². The number of allylic oxidation sites excluding steroid dienone is 2. The van der Waals surface area contributed by atoms with Crippen molar-refractivity contribution in [3.8, 4) is 17.2 Å². The molecular formula is C51H64N3O13S2+. The van der Waals surface area contributed by atoms with Crippen molar-refractivity contribution in [3.05, 3.63) is 75.7 Å². The van der Waals surface area contributed by atoms with E-state index in [1.807, 2.05) is 6.92 Å². The van der Waals surface area contributed by atoms with E-state index >= 15 is 0 Å². The number of fused-ring (bicyclic) bond motifs is 2. The summed E-state index contributed by atoms with van der Waals surface area (Å²) in [5.41, 5.74) is -0.556. The number of phenols is 1. The quantitative estimate of drug-likeness (QED) is 0.0200. The minimum Gasteiger partial charge on any atom is -0.505 e. The first-order valence-corrected chi connectivity index (χ1v) is 24.3. The Bertz CT molecular complexity index is 2810. The van der Waals surface area contributed by atoms with Crippen LogP contribution in [0.15, 0.2) is 63.6 Å². The highest BCUT2D eigenvalue weighted by Crippen LogP contribution is 2.48. The molecule has 0 radical (unpaired) electrons.